The molecule has 5 heteroatoms. The zero-order valence-electron chi connectivity index (χ0n) is 12.1. The van der Waals surface area contributed by atoms with Crippen LogP contribution in [-0.2, 0) is 16.2 Å². The van der Waals surface area contributed by atoms with Gasteiger partial charge in [-0.2, -0.15) is 0 Å². The summed E-state index contributed by atoms with van der Waals surface area (Å²) in [7, 11) is 0. The number of amides is 1. The second-order valence-electron chi connectivity index (χ2n) is 5.60. The van der Waals surface area contributed by atoms with E-state index in [-0.39, 0.29) is 18.4 Å². The minimum Gasteiger partial charge on any atom is -0.481 e. The molecule has 0 heterocycles. The van der Waals surface area contributed by atoms with Crippen LogP contribution in [0.5, 0.6) is 0 Å². The molecule has 3 atom stereocenters. The normalized spacial score (nSPS) is 24.8. The molecule has 0 bridgehead atoms. The Morgan fingerprint density at radius 3 is 2.52 bits per heavy atom. The Hall–Kier alpha value is -1.88. The van der Waals surface area contributed by atoms with E-state index in [1.807, 2.05) is 6.92 Å². The maximum atomic E-state index is 12.4. The zero-order valence-corrected chi connectivity index (χ0v) is 12.1. The van der Waals surface area contributed by atoms with Gasteiger partial charge in [-0.25, -0.2) is 0 Å². The Kier molecular flexibility index (Phi) is 4.96. The number of aliphatic hydroxyl groups excluding tert-OH is 1. The van der Waals surface area contributed by atoms with Crippen molar-refractivity contribution < 1.29 is 19.8 Å². The van der Waals surface area contributed by atoms with Crippen LogP contribution in [-0.4, -0.2) is 22.1 Å². The van der Waals surface area contributed by atoms with E-state index >= 15 is 0 Å². The van der Waals surface area contributed by atoms with Crippen molar-refractivity contribution in [3.05, 3.63) is 29.8 Å². The van der Waals surface area contributed by atoms with Gasteiger partial charge in [0.15, 0.2) is 0 Å². The van der Waals surface area contributed by atoms with Crippen LogP contribution >= 0.6 is 0 Å². The average molecular weight is 291 g/mol. The predicted molar refractivity (Wildman–Crippen MR) is 78.6 cm³/mol. The first-order chi connectivity index (χ1) is 10.1. The highest BCUT2D eigenvalue weighted by molar-refractivity contribution is 5.96. The van der Waals surface area contributed by atoms with Gasteiger partial charge in [-0.15, -0.1) is 0 Å². The van der Waals surface area contributed by atoms with E-state index in [9.17, 15) is 19.8 Å². The molecular weight excluding hydrogens is 270 g/mol. The molecule has 1 aromatic carbocycles. The summed E-state index contributed by atoms with van der Waals surface area (Å²) in [5.41, 5.74) is 1.18. The van der Waals surface area contributed by atoms with Gasteiger partial charge >= 0.3 is 5.97 Å². The molecule has 3 unspecified atom stereocenters. The molecule has 2 rings (SSSR count). The summed E-state index contributed by atoms with van der Waals surface area (Å²) in [4.78, 5) is 23.7. The van der Waals surface area contributed by atoms with Crippen LogP contribution in [0.2, 0.25) is 0 Å². The van der Waals surface area contributed by atoms with E-state index in [1.165, 1.54) is 0 Å². The van der Waals surface area contributed by atoms with E-state index in [0.29, 0.717) is 24.1 Å². The van der Waals surface area contributed by atoms with Gasteiger partial charge in [0.05, 0.1) is 18.4 Å². The molecule has 0 aliphatic heterocycles. The lowest BCUT2D eigenvalue weighted by Crippen LogP contribution is -2.30. The summed E-state index contributed by atoms with van der Waals surface area (Å²) in [6.07, 6.45) is 2.06. The smallest absolute Gasteiger partial charge is 0.307 e. The molecule has 1 aromatic rings. The minimum absolute atomic E-state index is 0.166. The first-order valence-electron chi connectivity index (χ1n) is 7.29. The monoisotopic (exact) mass is 291 g/mol. The Morgan fingerprint density at radius 1 is 1.24 bits per heavy atom. The number of carboxylic acid groups (broad SMARTS) is 1. The molecule has 0 spiro atoms. The van der Waals surface area contributed by atoms with E-state index in [4.69, 9.17) is 0 Å². The van der Waals surface area contributed by atoms with Gasteiger partial charge in [0, 0.05) is 11.3 Å². The van der Waals surface area contributed by atoms with Crippen molar-refractivity contribution in [3.8, 4) is 0 Å². The number of aliphatic carboxylic acids is 1. The van der Waals surface area contributed by atoms with Gasteiger partial charge < -0.3 is 15.5 Å². The van der Waals surface area contributed by atoms with Crippen LogP contribution in [0.1, 0.15) is 31.7 Å². The number of rotatable bonds is 5. The van der Waals surface area contributed by atoms with E-state index in [0.717, 1.165) is 6.42 Å². The molecule has 3 N–H and O–H groups in total. The fourth-order valence-electron chi connectivity index (χ4n) is 3.04. The number of carbonyl (C=O) groups is 2. The fourth-order valence-corrected chi connectivity index (χ4v) is 3.04. The van der Waals surface area contributed by atoms with Crippen molar-refractivity contribution in [2.24, 2.45) is 17.8 Å². The van der Waals surface area contributed by atoms with Crippen molar-refractivity contribution in [3.63, 3.8) is 0 Å². The van der Waals surface area contributed by atoms with E-state index in [2.05, 4.69) is 5.32 Å². The van der Waals surface area contributed by atoms with Crippen molar-refractivity contribution in [1.82, 2.24) is 0 Å². The SMILES string of the molecule is CCC1CC(C(=O)O)C(C(=O)Nc2ccccc2CO)C1. The maximum absolute atomic E-state index is 12.4. The van der Waals surface area contributed by atoms with Crippen molar-refractivity contribution >= 4 is 17.6 Å². The third kappa shape index (κ3) is 3.42. The molecule has 21 heavy (non-hydrogen) atoms. The standard InChI is InChI=1S/C16H21NO4/c1-2-10-7-12(13(8-10)16(20)21)15(19)17-14-6-4-3-5-11(14)9-18/h3-6,10,12-13,18H,2,7-9H2,1H3,(H,17,19)(H,20,21). The Morgan fingerprint density at radius 2 is 1.90 bits per heavy atom. The highest BCUT2D eigenvalue weighted by Gasteiger charge is 2.42. The number of para-hydroxylation sites is 1. The Balaban J connectivity index is 2.13. The molecule has 114 valence electrons. The van der Waals surface area contributed by atoms with Crippen molar-refractivity contribution in [1.29, 1.82) is 0 Å². The second kappa shape index (κ2) is 6.72. The molecule has 0 saturated heterocycles. The third-order valence-corrected chi connectivity index (χ3v) is 4.34. The molecule has 5 nitrogen and oxygen atoms in total. The average Bonchev–Trinajstić information content (AvgIpc) is 2.92. The first-order valence-corrected chi connectivity index (χ1v) is 7.29. The highest BCUT2D eigenvalue weighted by atomic mass is 16.4. The molecular formula is C16H21NO4. The number of aliphatic hydroxyl groups is 1. The second-order valence-corrected chi connectivity index (χ2v) is 5.60. The minimum atomic E-state index is -0.901. The Labute approximate surface area is 124 Å². The van der Waals surface area contributed by atoms with E-state index < -0.39 is 17.8 Å². The molecule has 1 aliphatic carbocycles. The van der Waals surface area contributed by atoms with Gasteiger partial charge in [0.1, 0.15) is 0 Å². The number of hydrogen-bond donors (Lipinski definition) is 3. The van der Waals surface area contributed by atoms with Crippen LogP contribution in [0.25, 0.3) is 0 Å². The van der Waals surface area contributed by atoms with Crippen LogP contribution < -0.4 is 5.32 Å². The molecule has 1 saturated carbocycles. The number of carbonyl (C=O) groups excluding carboxylic acids is 1. The Bertz CT molecular complexity index is 529. The van der Waals surface area contributed by atoms with Crippen molar-refractivity contribution in [2.45, 2.75) is 32.8 Å². The summed E-state index contributed by atoms with van der Waals surface area (Å²) >= 11 is 0. The third-order valence-electron chi connectivity index (χ3n) is 4.34. The highest BCUT2D eigenvalue weighted by Crippen LogP contribution is 2.39. The molecule has 0 radical (unpaired) electrons. The van der Waals surface area contributed by atoms with Crippen LogP contribution in [0.15, 0.2) is 24.3 Å². The number of anilines is 1. The van der Waals surface area contributed by atoms with Gasteiger partial charge in [0.25, 0.3) is 0 Å². The first kappa shape index (κ1) is 15.5. The molecule has 0 aromatic heterocycles. The van der Waals surface area contributed by atoms with Crippen LogP contribution in [0.3, 0.4) is 0 Å². The van der Waals surface area contributed by atoms with E-state index in [1.54, 1.807) is 24.3 Å². The summed E-state index contributed by atoms with van der Waals surface area (Å²) in [6.45, 7) is 1.85. The zero-order chi connectivity index (χ0) is 15.4. The number of carboxylic acids is 1. The molecule has 1 aliphatic rings. The predicted octanol–water partition coefficient (Wildman–Crippen LogP) is 2.25. The molecule has 1 amide bonds. The lowest BCUT2D eigenvalue weighted by molar-refractivity contribution is -0.145. The summed E-state index contributed by atoms with van der Waals surface area (Å²) in [6, 6.07) is 7.00. The largest absolute Gasteiger partial charge is 0.481 e. The maximum Gasteiger partial charge on any atom is 0.307 e. The summed E-state index contributed by atoms with van der Waals surface area (Å²) < 4.78 is 0. The van der Waals surface area contributed by atoms with Crippen molar-refractivity contribution in [2.75, 3.05) is 5.32 Å². The summed E-state index contributed by atoms with van der Waals surface area (Å²) in [5, 5.41) is 21.3. The van der Waals surface area contributed by atoms with Gasteiger partial charge in [0.2, 0.25) is 5.91 Å². The van der Waals surface area contributed by atoms with Crippen LogP contribution in [0.4, 0.5) is 5.69 Å². The van der Waals surface area contributed by atoms with Gasteiger partial charge in [-0.05, 0) is 24.8 Å². The number of benzene rings is 1. The fraction of sp³-hybridized carbons (Fsp3) is 0.500. The number of hydrogen-bond acceptors (Lipinski definition) is 3. The number of nitrogens with one attached hydrogen (secondary N) is 1. The summed E-state index contributed by atoms with van der Waals surface area (Å²) in [5.74, 6) is -1.99. The molecule has 1 fully saturated rings. The lowest BCUT2D eigenvalue weighted by atomic mass is 9.95. The van der Waals surface area contributed by atoms with Gasteiger partial charge in [-0.3, -0.25) is 9.59 Å². The quantitative estimate of drug-likeness (QED) is 0.776. The topological polar surface area (TPSA) is 86.6 Å². The van der Waals surface area contributed by atoms with Gasteiger partial charge in [-0.1, -0.05) is 31.5 Å². The van der Waals surface area contributed by atoms with Crippen LogP contribution in [0, 0.1) is 17.8 Å². The lowest BCUT2D eigenvalue weighted by Gasteiger charge is -2.17.